The van der Waals surface area contributed by atoms with E-state index in [0.717, 1.165) is 11.1 Å². The zero-order chi connectivity index (χ0) is 16.4. The number of nitrogens with zero attached hydrogens (tertiary/aromatic N) is 1. The van der Waals surface area contributed by atoms with E-state index in [-0.39, 0.29) is 11.2 Å². The first-order chi connectivity index (χ1) is 10.9. The summed E-state index contributed by atoms with van der Waals surface area (Å²) in [5.41, 5.74) is 1.74. The van der Waals surface area contributed by atoms with Crippen LogP contribution in [0.1, 0.15) is 19.4 Å². The van der Waals surface area contributed by atoms with Crippen LogP contribution in [0.3, 0.4) is 0 Å². The summed E-state index contributed by atoms with van der Waals surface area (Å²) in [4.78, 5) is 12.8. The minimum Gasteiger partial charge on any atom is -0.507 e. The van der Waals surface area contributed by atoms with Gasteiger partial charge in [-0.15, -0.1) is 0 Å². The van der Waals surface area contributed by atoms with Crippen molar-refractivity contribution in [2.45, 2.75) is 19.4 Å². The maximum atomic E-state index is 12.8. The summed E-state index contributed by atoms with van der Waals surface area (Å²) in [7, 11) is 1.90. The number of pyridine rings is 1. The smallest absolute Gasteiger partial charge is 0.200 e. The standard InChI is InChI=1S/C19H17NO3/c1-19(2)9-8-12-15(23-19)10-14(21)16-17(12)20(3)13-7-5-4-6-11(13)18(16)22/h4-10,21H,1-3H3. The molecule has 0 atom stereocenters. The fourth-order valence-corrected chi connectivity index (χ4v) is 3.28. The molecule has 0 amide bonds. The van der Waals surface area contributed by atoms with Gasteiger partial charge in [0.05, 0.1) is 16.4 Å². The van der Waals surface area contributed by atoms with Crippen molar-refractivity contribution < 1.29 is 9.84 Å². The number of fused-ring (bicyclic) bond motifs is 4. The first-order valence-electron chi connectivity index (χ1n) is 7.55. The lowest BCUT2D eigenvalue weighted by atomic mass is 9.98. The van der Waals surface area contributed by atoms with E-state index in [9.17, 15) is 9.90 Å². The molecule has 0 saturated carbocycles. The van der Waals surface area contributed by atoms with Crippen LogP contribution >= 0.6 is 0 Å². The first kappa shape index (κ1) is 13.9. The van der Waals surface area contributed by atoms with E-state index in [2.05, 4.69) is 0 Å². The number of aromatic hydroxyl groups is 1. The molecular formula is C19H17NO3. The van der Waals surface area contributed by atoms with Gasteiger partial charge in [-0.3, -0.25) is 4.79 Å². The molecule has 23 heavy (non-hydrogen) atoms. The van der Waals surface area contributed by atoms with Crippen LogP contribution in [0.2, 0.25) is 0 Å². The highest BCUT2D eigenvalue weighted by Gasteiger charge is 2.26. The third-order valence-corrected chi connectivity index (χ3v) is 4.38. The lowest BCUT2D eigenvalue weighted by molar-refractivity contribution is 0.159. The van der Waals surface area contributed by atoms with Crippen molar-refractivity contribution in [3.63, 3.8) is 0 Å². The molecule has 4 nitrogen and oxygen atoms in total. The van der Waals surface area contributed by atoms with E-state index in [1.807, 2.05) is 55.8 Å². The molecule has 4 heteroatoms. The van der Waals surface area contributed by atoms with E-state index in [4.69, 9.17) is 4.74 Å². The number of para-hydroxylation sites is 1. The number of hydrogen-bond donors (Lipinski definition) is 1. The fraction of sp³-hybridized carbons (Fsp3) is 0.211. The van der Waals surface area contributed by atoms with Crippen molar-refractivity contribution in [1.82, 2.24) is 4.57 Å². The number of aromatic nitrogens is 1. The summed E-state index contributed by atoms with van der Waals surface area (Å²) >= 11 is 0. The molecule has 1 aliphatic rings. The maximum Gasteiger partial charge on any atom is 0.200 e. The van der Waals surface area contributed by atoms with Crippen LogP contribution in [0.25, 0.3) is 27.9 Å². The average Bonchev–Trinajstić information content (AvgIpc) is 2.50. The number of phenolic OH excluding ortho intramolecular Hbond substituents is 1. The fourth-order valence-electron chi connectivity index (χ4n) is 3.28. The Balaban J connectivity index is 2.26. The zero-order valence-electron chi connectivity index (χ0n) is 13.3. The molecule has 0 fully saturated rings. The molecule has 0 aliphatic carbocycles. The Labute approximate surface area is 133 Å². The second-order valence-electron chi connectivity index (χ2n) is 6.48. The van der Waals surface area contributed by atoms with E-state index < -0.39 is 5.60 Å². The SMILES string of the molecule is Cn1c2ccccc2c(=O)c2c(O)cc3c(c21)C=CC(C)(C)O3. The molecular weight excluding hydrogens is 290 g/mol. The number of benzene rings is 2. The number of aryl methyl sites for hydroxylation is 1. The van der Waals surface area contributed by atoms with E-state index in [1.165, 1.54) is 0 Å². The minimum atomic E-state index is -0.442. The molecule has 0 radical (unpaired) electrons. The van der Waals surface area contributed by atoms with Gasteiger partial charge in [0.1, 0.15) is 17.1 Å². The monoisotopic (exact) mass is 307 g/mol. The molecule has 116 valence electrons. The van der Waals surface area contributed by atoms with Crippen molar-refractivity contribution in [1.29, 1.82) is 0 Å². The molecule has 1 aliphatic heterocycles. The number of hydrogen-bond acceptors (Lipinski definition) is 3. The molecule has 0 unspecified atom stereocenters. The van der Waals surface area contributed by atoms with Crippen molar-refractivity contribution >= 4 is 27.9 Å². The summed E-state index contributed by atoms with van der Waals surface area (Å²) in [5, 5.41) is 11.4. The predicted octanol–water partition coefficient (Wildman–Crippen LogP) is 3.58. The molecule has 0 bridgehead atoms. The highest BCUT2D eigenvalue weighted by atomic mass is 16.5. The highest BCUT2D eigenvalue weighted by molar-refractivity contribution is 6.01. The van der Waals surface area contributed by atoms with Crippen LogP contribution < -0.4 is 10.2 Å². The van der Waals surface area contributed by atoms with Gasteiger partial charge in [-0.2, -0.15) is 0 Å². The van der Waals surface area contributed by atoms with Gasteiger partial charge >= 0.3 is 0 Å². The largest absolute Gasteiger partial charge is 0.507 e. The number of rotatable bonds is 0. The Morgan fingerprint density at radius 1 is 1.22 bits per heavy atom. The van der Waals surface area contributed by atoms with Gasteiger partial charge in [0.25, 0.3) is 0 Å². The number of phenols is 1. The third kappa shape index (κ3) is 1.88. The summed E-state index contributed by atoms with van der Waals surface area (Å²) < 4.78 is 7.89. The molecule has 1 aromatic heterocycles. The summed E-state index contributed by atoms with van der Waals surface area (Å²) in [5.74, 6) is 0.545. The van der Waals surface area contributed by atoms with Crippen LogP contribution in [0.5, 0.6) is 11.5 Å². The van der Waals surface area contributed by atoms with Gasteiger partial charge in [0.2, 0.25) is 5.43 Å². The summed E-state index contributed by atoms with van der Waals surface area (Å²) in [6, 6.07) is 8.96. The lowest BCUT2D eigenvalue weighted by Crippen LogP contribution is -2.28. The first-order valence-corrected chi connectivity index (χ1v) is 7.55. The van der Waals surface area contributed by atoms with Crippen molar-refractivity contribution in [2.75, 3.05) is 0 Å². The second-order valence-corrected chi connectivity index (χ2v) is 6.48. The Morgan fingerprint density at radius 2 is 1.96 bits per heavy atom. The van der Waals surface area contributed by atoms with Gasteiger partial charge in [0, 0.05) is 24.1 Å². The Kier molecular flexibility index (Phi) is 2.64. The molecule has 0 spiro atoms. The zero-order valence-corrected chi connectivity index (χ0v) is 13.3. The molecule has 1 N–H and O–H groups in total. The second kappa shape index (κ2) is 4.38. The summed E-state index contributed by atoms with van der Waals surface area (Å²) in [6.07, 6.45) is 3.93. The summed E-state index contributed by atoms with van der Waals surface area (Å²) in [6.45, 7) is 3.90. The molecule has 4 rings (SSSR count). The lowest BCUT2D eigenvalue weighted by Gasteiger charge is -2.29. The van der Waals surface area contributed by atoms with Gasteiger partial charge in [-0.25, -0.2) is 0 Å². The molecule has 3 aromatic rings. The van der Waals surface area contributed by atoms with Gasteiger partial charge in [-0.1, -0.05) is 12.1 Å². The highest BCUT2D eigenvalue weighted by Crippen LogP contribution is 2.40. The Hall–Kier alpha value is -2.75. The van der Waals surface area contributed by atoms with Crippen LogP contribution in [-0.4, -0.2) is 15.3 Å². The van der Waals surface area contributed by atoms with Gasteiger partial charge in [0.15, 0.2) is 0 Å². The van der Waals surface area contributed by atoms with Crippen LogP contribution in [0, 0.1) is 0 Å². The minimum absolute atomic E-state index is 0.0452. The normalized spacial score (nSPS) is 15.6. The van der Waals surface area contributed by atoms with Crippen molar-refractivity contribution in [2.24, 2.45) is 7.05 Å². The van der Waals surface area contributed by atoms with E-state index in [1.54, 1.807) is 12.1 Å². The van der Waals surface area contributed by atoms with Crippen LogP contribution in [-0.2, 0) is 7.05 Å². The molecule has 2 heterocycles. The van der Waals surface area contributed by atoms with Crippen LogP contribution in [0.15, 0.2) is 41.2 Å². The molecule has 2 aromatic carbocycles. The van der Waals surface area contributed by atoms with Crippen molar-refractivity contribution in [3.05, 3.63) is 52.2 Å². The Morgan fingerprint density at radius 3 is 2.74 bits per heavy atom. The quantitative estimate of drug-likeness (QED) is 0.646. The van der Waals surface area contributed by atoms with Gasteiger partial charge in [-0.05, 0) is 38.1 Å². The topological polar surface area (TPSA) is 51.5 Å². The van der Waals surface area contributed by atoms with Crippen molar-refractivity contribution in [3.8, 4) is 11.5 Å². The van der Waals surface area contributed by atoms with Crippen LogP contribution in [0.4, 0.5) is 0 Å². The predicted molar refractivity (Wildman–Crippen MR) is 92.1 cm³/mol. The third-order valence-electron chi connectivity index (χ3n) is 4.38. The average molecular weight is 307 g/mol. The maximum absolute atomic E-state index is 12.8. The van der Waals surface area contributed by atoms with E-state index >= 15 is 0 Å². The Bertz CT molecular complexity index is 1060. The van der Waals surface area contributed by atoms with E-state index in [0.29, 0.717) is 22.0 Å². The number of ether oxygens (including phenoxy) is 1. The van der Waals surface area contributed by atoms with Gasteiger partial charge < -0.3 is 14.4 Å². The molecule has 0 saturated heterocycles.